The second kappa shape index (κ2) is 5.71. The van der Waals surface area contributed by atoms with E-state index in [4.69, 9.17) is 10.2 Å². The van der Waals surface area contributed by atoms with Crippen LogP contribution in [0.15, 0.2) is 22.6 Å². The topological polar surface area (TPSA) is 52.0 Å². The molecule has 0 bridgehead atoms. The number of nitrogens with two attached hydrogens (primary N) is 1. The van der Waals surface area contributed by atoms with Crippen LogP contribution in [0.2, 0.25) is 0 Å². The third-order valence-corrected chi connectivity index (χ3v) is 2.95. The Labute approximate surface area is 102 Å². The van der Waals surface area contributed by atoms with Crippen molar-refractivity contribution >= 4 is 16.8 Å². The molecule has 17 heavy (non-hydrogen) atoms. The number of unbranched alkanes of at least 4 members (excludes halogenated alkanes) is 4. The molecule has 0 aliphatic rings. The molecule has 2 aromatic rings. The van der Waals surface area contributed by atoms with E-state index in [0.717, 1.165) is 35.5 Å². The highest BCUT2D eigenvalue weighted by Crippen LogP contribution is 2.19. The Bertz CT molecular complexity index is 476. The van der Waals surface area contributed by atoms with Crippen molar-refractivity contribution in [2.45, 2.75) is 45.4 Å². The fourth-order valence-corrected chi connectivity index (χ4v) is 1.98. The summed E-state index contributed by atoms with van der Waals surface area (Å²) in [5.41, 5.74) is 8.15. The average Bonchev–Trinajstić information content (AvgIpc) is 2.70. The van der Waals surface area contributed by atoms with Gasteiger partial charge in [0.2, 0.25) is 0 Å². The van der Waals surface area contributed by atoms with Gasteiger partial charge in [0.15, 0.2) is 11.5 Å². The number of nitrogen functional groups attached to an aromatic ring is 1. The third-order valence-electron chi connectivity index (χ3n) is 2.95. The third kappa shape index (κ3) is 3.22. The summed E-state index contributed by atoms with van der Waals surface area (Å²) in [7, 11) is 0. The van der Waals surface area contributed by atoms with Gasteiger partial charge in [0, 0.05) is 12.1 Å². The van der Waals surface area contributed by atoms with Crippen molar-refractivity contribution in [1.29, 1.82) is 0 Å². The molecule has 0 radical (unpaired) electrons. The largest absolute Gasteiger partial charge is 0.441 e. The molecule has 0 saturated heterocycles. The maximum atomic E-state index is 5.71. The minimum Gasteiger partial charge on any atom is -0.441 e. The number of oxazole rings is 1. The predicted octanol–water partition coefficient (Wildman–Crippen LogP) is 3.92. The summed E-state index contributed by atoms with van der Waals surface area (Å²) in [6.07, 6.45) is 7.26. The van der Waals surface area contributed by atoms with Crippen LogP contribution in [0.5, 0.6) is 0 Å². The molecule has 0 aliphatic carbocycles. The number of rotatable bonds is 6. The van der Waals surface area contributed by atoms with E-state index in [-0.39, 0.29) is 0 Å². The van der Waals surface area contributed by atoms with Crippen LogP contribution >= 0.6 is 0 Å². The van der Waals surface area contributed by atoms with Gasteiger partial charge in [-0.05, 0) is 24.6 Å². The van der Waals surface area contributed by atoms with Gasteiger partial charge in [0.05, 0.1) is 0 Å². The highest BCUT2D eigenvalue weighted by Gasteiger charge is 2.05. The Kier molecular flexibility index (Phi) is 4.02. The summed E-state index contributed by atoms with van der Waals surface area (Å²) in [4.78, 5) is 4.44. The summed E-state index contributed by atoms with van der Waals surface area (Å²) in [6.45, 7) is 2.23. The van der Waals surface area contributed by atoms with Crippen LogP contribution in [0.3, 0.4) is 0 Å². The smallest absolute Gasteiger partial charge is 0.195 e. The van der Waals surface area contributed by atoms with Crippen molar-refractivity contribution in [3.63, 3.8) is 0 Å². The lowest BCUT2D eigenvalue weighted by molar-refractivity contribution is 0.507. The molecule has 2 N–H and O–H groups in total. The highest BCUT2D eigenvalue weighted by molar-refractivity contribution is 5.76. The number of aryl methyl sites for hydroxylation is 1. The molecule has 0 atom stereocenters. The Morgan fingerprint density at radius 1 is 1.18 bits per heavy atom. The fraction of sp³-hybridized carbons (Fsp3) is 0.500. The fourth-order valence-electron chi connectivity index (χ4n) is 1.98. The minimum atomic E-state index is 0.736. The molecule has 1 aromatic heterocycles. The number of nitrogens with zero attached hydrogens (tertiary/aromatic N) is 1. The van der Waals surface area contributed by atoms with Gasteiger partial charge in [-0.3, -0.25) is 0 Å². The standard InChI is InChI=1S/C14H20N2O/c1-2-3-4-5-6-7-14-16-12-10-11(15)8-9-13(12)17-14/h8-10H,2-7,15H2,1H3. The highest BCUT2D eigenvalue weighted by atomic mass is 16.3. The molecule has 0 amide bonds. The first-order chi connectivity index (χ1) is 8.29. The Morgan fingerprint density at radius 3 is 2.82 bits per heavy atom. The normalized spacial score (nSPS) is 11.1. The van der Waals surface area contributed by atoms with Gasteiger partial charge in [-0.25, -0.2) is 4.98 Å². The van der Waals surface area contributed by atoms with E-state index in [9.17, 15) is 0 Å². The quantitative estimate of drug-likeness (QED) is 0.606. The van der Waals surface area contributed by atoms with Gasteiger partial charge >= 0.3 is 0 Å². The summed E-state index contributed by atoms with van der Waals surface area (Å²) >= 11 is 0. The van der Waals surface area contributed by atoms with Crippen LogP contribution in [0.4, 0.5) is 5.69 Å². The number of aromatic nitrogens is 1. The molecule has 3 nitrogen and oxygen atoms in total. The van der Waals surface area contributed by atoms with Crippen LogP contribution in [0.25, 0.3) is 11.1 Å². The molecule has 2 rings (SSSR count). The summed E-state index contributed by atoms with van der Waals surface area (Å²) in [5.74, 6) is 0.835. The molecule has 0 aliphatic heterocycles. The molecule has 92 valence electrons. The zero-order chi connectivity index (χ0) is 12.1. The Morgan fingerprint density at radius 2 is 2.00 bits per heavy atom. The number of benzene rings is 1. The average molecular weight is 232 g/mol. The maximum Gasteiger partial charge on any atom is 0.195 e. The lowest BCUT2D eigenvalue weighted by atomic mass is 10.1. The summed E-state index contributed by atoms with van der Waals surface area (Å²) in [5, 5.41) is 0. The van der Waals surface area contributed by atoms with Gasteiger partial charge in [-0.2, -0.15) is 0 Å². The van der Waals surface area contributed by atoms with Crippen LogP contribution < -0.4 is 5.73 Å². The van der Waals surface area contributed by atoms with Crippen molar-refractivity contribution in [2.75, 3.05) is 5.73 Å². The SMILES string of the molecule is CCCCCCCc1nc2cc(N)ccc2o1. The molecular formula is C14H20N2O. The maximum absolute atomic E-state index is 5.71. The van der Waals surface area contributed by atoms with E-state index in [0.29, 0.717) is 0 Å². The molecule has 0 spiro atoms. The molecule has 1 aromatic carbocycles. The van der Waals surface area contributed by atoms with E-state index in [1.165, 1.54) is 25.7 Å². The van der Waals surface area contributed by atoms with E-state index in [1.54, 1.807) is 0 Å². The number of anilines is 1. The van der Waals surface area contributed by atoms with Crippen LogP contribution in [0.1, 0.15) is 44.9 Å². The van der Waals surface area contributed by atoms with Gasteiger partial charge in [0.25, 0.3) is 0 Å². The molecule has 0 fully saturated rings. The predicted molar refractivity (Wildman–Crippen MR) is 70.9 cm³/mol. The van der Waals surface area contributed by atoms with Crippen LogP contribution in [-0.4, -0.2) is 4.98 Å². The monoisotopic (exact) mass is 232 g/mol. The lowest BCUT2D eigenvalue weighted by Gasteiger charge is -1.96. The second-order valence-electron chi connectivity index (χ2n) is 4.50. The Balaban J connectivity index is 1.91. The van der Waals surface area contributed by atoms with Gasteiger partial charge in [-0.15, -0.1) is 0 Å². The lowest BCUT2D eigenvalue weighted by Crippen LogP contribution is -1.86. The minimum absolute atomic E-state index is 0.736. The first kappa shape index (κ1) is 12.0. The second-order valence-corrected chi connectivity index (χ2v) is 4.50. The molecule has 0 saturated carbocycles. The van der Waals surface area contributed by atoms with Crippen molar-refractivity contribution < 1.29 is 4.42 Å². The van der Waals surface area contributed by atoms with E-state index in [2.05, 4.69) is 11.9 Å². The van der Waals surface area contributed by atoms with Crippen molar-refractivity contribution in [3.8, 4) is 0 Å². The van der Waals surface area contributed by atoms with E-state index >= 15 is 0 Å². The molecule has 1 heterocycles. The van der Waals surface area contributed by atoms with Gasteiger partial charge < -0.3 is 10.2 Å². The van der Waals surface area contributed by atoms with Crippen LogP contribution in [0, 0.1) is 0 Å². The zero-order valence-corrected chi connectivity index (χ0v) is 10.4. The zero-order valence-electron chi connectivity index (χ0n) is 10.4. The number of hydrogen-bond acceptors (Lipinski definition) is 3. The first-order valence-corrected chi connectivity index (χ1v) is 6.44. The van der Waals surface area contributed by atoms with E-state index in [1.807, 2.05) is 18.2 Å². The molecule has 0 unspecified atom stereocenters. The van der Waals surface area contributed by atoms with Crippen LogP contribution in [-0.2, 0) is 6.42 Å². The number of fused-ring (bicyclic) bond motifs is 1. The molecular weight excluding hydrogens is 212 g/mol. The van der Waals surface area contributed by atoms with E-state index < -0.39 is 0 Å². The number of hydrogen-bond donors (Lipinski definition) is 1. The summed E-state index contributed by atoms with van der Waals surface area (Å²) < 4.78 is 5.66. The first-order valence-electron chi connectivity index (χ1n) is 6.44. The van der Waals surface area contributed by atoms with Gasteiger partial charge in [0.1, 0.15) is 5.52 Å². The Hall–Kier alpha value is -1.51. The van der Waals surface area contributed by atoms with Crippen molar-refractivity contribution in [2.24, 2.45) is 0 Å². The molecule has 3 heteroatoms. The van der Waals surface area contributed by atoms with Crippen molar-refractivity contribution in [3.05, 3.63) is 24.1 Å². The summed E-state index contributed by atoms with van der Waals surface area (Å²) in [6, 6.07) is 5.59. The van der Waals surface area contributed by atoms with Gasteiger partial charge in [-0.1, -0.05) is 32.6 Å². The van der Waals surface area contributed by atoms with Crippen molar-refractivity contribution in [1.82, 2.24) is 4.98 Å².